The van der Waals surface area contributed by atoms with Gasteiger partial charge in [-0.1, -0.05) is 78.0 Å². The molecular weight excluding hydrogens is 384 g/mol. The zero-order valence-electron chi connectivity index (χ0n) is 17.9. The van der Waals surface area contributed by atoms with Crippen molar-refractivity contribution in [1.82, 2.24) is 4.90 Å². The quantitative estimate of drug-likeness (QED) is 0.375. The van der Waals surface area contributed by atoms with E-state index < -0.39 is 0 Å². The highest BCUT2D eigenvalue weighted by molar-refractivity contribution is 6.08. The first kappa shape index (κ1) is 19.8. The number of ether oxygens (including phenoxy) is 1. The van der Waals surface area contributed by atoms with Crippen LogP contribution in [0.2, 0.25) is 0 Å². The van der Waals surface area contributed by atoms with Crippen LogP contribution in [0.4, 0.5) is 0 Å². The Bertz CT molecular complexity index is 1050. The molecule has 0 spiro atoms. The van der Waals surface area contributed by atoms with Gasteiger partial charge in [0.05, 0.1) is 11.6 Å². The molecule has 1 saturated carbocycles. The molecular formula is C27H28N2O2. The summed E-state index contributed by atoms with van der Waals surface area (Å²) in [4.78, 5) is 8.13. The Morgan fingerprint density at radius 2 is 1.68 bits per heavy atom. The van der Waals surface area contributed by atoms with Crippen molar-refractivity contribution >= 4 is 5.71 Å². The van der Waals surface area contributed by atoms with E-state index in [2.05, 4.69) is 77.8 Å². The molecule has 1 aliphatic heterocycles. The lowest BCUT2D eigenvalue weighted by Gasteiger charge is -2.27. The number of benzene rings is 3. The lowest BCUT2D eigenvalue weighted by Crippen LogP contribution is -2.28. The van der Waals surface area contributed by atoms with Crippen molar-refractivity contribution in [2.24, 2.45) is 11.1 Å². The molecule has 5 rings (SSSR count). The highest BCUT2D eigenvalue weighted by Gasteiger charge is 2.64. The third-order valence-corrected chi connectivity index (χ3v) is 6.19. The fraction of sp³-hybridized carbons (Fsp3) is 0.296. The topological polar surface area (TPSA) is 34.1 Å². The molecule has 31 heavy (non-hydrogen) atoms. The Morgan fingerprint density at radius 3 is 2.48 bits per heavy atom. The second-order valence-corrected chi connectivity index (χ2v) is 8.50. The van der Waals surface area contributed by atoms with Gasteiger partial charge in [-0.05, 0) is 36.7 Å². The molecule has 1 fully saturated rings. The standard InChI is InChI=1S/C27H28N2O2/c1-29(20-21-11-4-2-5-12-21)17-10-18-30-28-26-23-15-8-9-16-25(23)31-27(19-24(26)27)22-13-6-3-7-14-22/h2-9,11-16,24H,10,17-20H2,1H3/b28-26-. The highest BCUT2D eigenvalue weighted by Crippen LogP contribution is 2.60. The Morgan fingerprint density at radius 1 is 0.968 bits per heavy atom. The molecule has 3 aromatic rings. The average molecular weight is 413 g/mol. The van der Waals surface area contributed by atoms with Crippen LogP contribution in [0.3, 0.4) is 0 Å². The van der Waals surface area contributed by atoms with Gasteiger partial charge >= 0.3 is 0 Å². The van der Waals surface area contributed by atoms with Crippen molar-refractivity contribution in [3.05, 3.63) is 102 Å². The fourth-order valence-electron chi connectivity index (χ4n) is 4.53. The number of fused-ring (bicyclic) bond motifs is 2. The van der Waals surface area contributed by atoms with Gasteiger partial charge in [-0.25, -0.2) is 0 Å². The van der Waals surface area contributed by atoms with Gasteiger partial charge in [0.1, 0.15) is 18.0 Å². The van der Waals surface area contributed by atoms with Gasteiger partial charge in [0.15, 0.2) is 0 Å². The SMILES string of the molecule is CN(CCCO/N=C1/c2ccccc2OC2(c3ccccc3)CC12)Cc1ccccc1. The molecule has 3 aromatic carbocycles. The van der Waals surface area contributed by atoms with Crippen molar-refractivity contribution in [3.8, 4) is 5.75 Å². The zero-order valence-corrected chi connectivity index (χ0v) is 17.9. The second-order valence-electron chi connectivity index (χ2n) is 8.50. The number of para-hydroxylation sites is 1. The smallest absolute Gasteiger partial charge is 0.143 e. The maximum Gasteiger partial charge on any atom is 0.143 e. The molecule has 1 aliphatic carbocycles. The van der Waals surface area contributed by atoms with E-state index in [0.29, 0.717) is 6.61 Å². The predicted molar refractivity (Wildman–Crippen MR) is 123 cm³/mol. The molecule has 158 valence electrons. The third-order valence-electron chi connectivity index (χ3n) is 6.19. The molecule has 2 unspecified atom stereocenters. The molecule has 4 heteroatoms. The number of hydrogen-bond donors (Lipinski definition) is 0. The Kier molecular flexibility index (Phi) is 5.47. The zero-order chi connectivity index (χ0) is 21.1. The number of nitrogens with zero attached hydrogens (tertiary/aromatic N) is 2. The van der Waals surface area contributed by atoms with Crippen LogP contribution in [-0.4, -0.2) is 30.8 Å². The van der Waals surface area contributed by atoms with Gasteiger partial charge in [-0.15, -0.1) is 0 Å². The molecule has 0 radical (unpaired) electrons. The third kappa shape index (κ3) is 4.08. The average Bonchev–Trinajstić information content (AvgIpc) is 3.55. The molecule has 0 saturated heterocycles. The van der Waals surface area contributed by atoms with E-state index in [1.54, 1.807) is 0 Å². The molecule has 2 atom stereocenters. The van der Waals surface area contributed by atoms with Crippen molar-refractivity contribution in [2.45, 2.75) is 25.0 Å². The van der Waals surface area contributed by atoms with E-state index in [-0.39, 0.29) is 11.5 Å². The van der Waals surface area contributed by atoms with Gasteiger partial charge in [-0.3, -0.25) is 0 Å². The van der Waals surface area contributed by atoms with Crippen molar-refractivity contribution in [1.29, 1.82) is 0 Å². The van der Waals surface area contributed by atoms with E-state index in [0.717, 1.165) is 43.0 Å². The Hall–Kier alpha value is -3.11. The first-order valence-electron chi connectivity index (χ1n) is 11.0. The van der Waals surface area contributed by atoms with Gasteiger partial charge in [0.2, 0.25) is 0 Å². The summed E-state index contributed by atoms with van der Waals surface area (Å²) in [5, 5.41) is 4.62. The summed E-state index contributed by atoms with van der Waals surface area (Å²) in [6, 6.07) is 29.2. The van der Waals surface area contributed by atoms with Crippen molar-refractivity contribution < 1.29 is 9.57 Å². The minimum atomic E-state index is -0.298. The van der Waals surface area contributed by atoms with Gasteiger partial charge in [-0.2, -0.15) is 0 Å². The molecule has 0 N–H and O–H groups in total. The number of hydrogen-bond acceptors (Lipinski definition) is 4. The van der Waals surface area contributed by atoms with Gasteiger partial charge < -0.3 is 14.5 Å². The summed E-state index contributed by atoms with van der Waals surface area (Å²) >= 11 is 0. The first-order chi connectivity index (χ1) is 15.3. The monoisotopic (exact) mass is 412 g/mol. The summed E-state index contributed by atoms with van der Waals surface area (Å²) in [6.45, 7) is 2.52. The van der Waals surface area contributed by atoms with Crippen LogP contribution in [-0.2, 0) is 17.0 Å². The molecule has 1 heterocycles. The molecule has 0 aromatic heterocycles. The van der Waals surface area contributed by atoms with E-state index in [1.807, 2.05) is 24.3 Å². The summed E-state index contributed by atoms with van der Waals surface area (Å²) < 4.78 is 6.48. The minimum absolute atomic E-state index is 0.241. The predicted octanol–water partition coefficient (Wildman–Crippen LogP) is 5.24. The highest BCUT2D eigenvalue weighted by atomic mass is 16.6. The van der Waals surface area contributed by atoms with E-state index in [4.69, 9.17) is 9.57 Å². The lowest BCUT2D eigenvalue weighted by atomic mass is 9.96. The fourth-order valence-corrected chi connectivity index (χ4v) is 4.53. The van der Waals surface area contributed by atoms with E-state index in [1.165, 1.54) is 11.1 Å². The Balaban J connectivity index is 1.22. The summed E-state index contributed by atoms with van der Waals surface area (Å²) in [7, 11) is 2.14. The van der Waals surface area contributed by atoms with Gasteiger partial charge in [0.25, 0.3) is 0 Å². The van der Waals surface area contributed by atoms with Crippen LogP contribution >= 0.6 is 0 Å². The second kappa shape index (κ2) is 8.56. The first-order valence-corrected chi connectivity index (χ1v) is 11.0. The van der Waals surface area contributed by atoms with Crippen molar-refractivity contribution in [3.63, 3.8) is 0 Å². The van der Waals surface area contributed by atoms with E-state index in [9.17, 15) is 0 Å². The molecule has 0 bridgehead atoms. The maximum absolute atomic E-state index is 6.48. The van der Waals surface area contributed by atoms with Crippen LogP contribution < -0.4 is 4.74 Å². The molecule has 4 nitrogen and oxygen atoms in total. The van der Waals surface area contributed by atoms with Crippen LogP contribution in [0.25, 0.3) is 0 Å². The minimum Gasteiger partial charge on any atom is -0.481 e. The summed E-state index contributed by atoms with van der Waals surface area (Å²) in [6.07, 6.45) is 1.88. The van der Waals surface area contributed by atoms with Crippen LogP contribution in [0.15, 0.2) is 90.1 Å². The molecule has 0 amide bonds. The maximum atomic E-state index is 6.48. The van der Waals surface area contributed by atoms with Crippen LogP contribution in [0, 0.1) is 5.92 Å². The molecule has 2 aliphatic rings. The lowest BCUT2D eigenvalue weighted by molar-refractivity contribution is 0.126. The number of oxime groups is 1. The summed E-state index contributed by atoms with van der Waals surface area (Å²) in [5.74, 6) is 1.13. The van der Waals surface area contributed by atoms with Crippen molar-refractivity contribution in [2.75, 3.05) is 20.2 Å². The van der Waals surface area contributed by atoms with Gasteiger partial charge in [0, 0.05) is 25.1 Å². The Labute approximate surface area is 184 Å². The van der Waals surface area contributed by atoms with E-state index >= 15 is 0 Å². The summed E-state index contributed by atoms with van der Waals surface area (Å²) in [5.41, 5.74) is 4.31. The largest absolute Gasteiger partial charge is 0.481 e. The van der Waals surface area contributed by atoms with Crippen LogP contribution in [0.1, 0.15) is 29.5 Å². The number of rotatable bonds is 8. The normalized spacial score (nSPS) is 22.5. The van der Waals surface area contributed by atoms with Crippen LogP contribution in [0.5, 0.6) is 5.75 Å².